The van der Waals surface area contributed by atoms with Crippen LogP contribution in [0.3, 0.4) is 0 Å². The van der Waals surface area contributed by atoms with Gasteiger partial charge in [-0.15, -0.1) is 0 Å². The summed E-state index contributed by atoms with van der Waals surface area (Å²) in [4.78, 5) is 29.0. The number of pyridine rings is 1. The topological polar surface area (TPSA) is 99.8 Å². The van der Waals surface area contributed by atoms with E-state index in [0.717, 1.165) is 11.1 Å². The van der Waals surface area contributed by atoms with Crippen LogP contribution in [-0.4, -0.2) is 27.0 Å². The Morgan fingerprint density at radius 2 is 1.62 bits per heavy atom. The third kappa shape index (κ3) is 4.84. The zero-order valence-corrected chi connectivity index (χ0v) is 17.9. The number of aromatic amines is 1. The molecule has 2 aromatic carbocycles. The lowest BCUT2D eigenvalue weighted by atomic mass is 10.1. The zero-order valence-electron chi connectivity index (χ0n) is 17.2. The lowest BCUT2D eigenvalue weighted by Crippen LogP contribution is -2.26. The molecule has 0 bridgehead atoms. The SMILES string of the molecule is CC(NC(=O)c1cn[nH]c1-c1ccc(Cl)cc1)c1ccc(NC(=O)c2ccncc2)cc1. The molecule has 2 amide bonds. The average molecular weight is 446 g/mol. The van der Waals surface area contributed by atoms with E-state index in [0.29, 0.717) is 27.5 Å². The molecular formula is C24H20ClN5O2. The first-order valence-corrected chi connectivity index (χ1v) is 10.3. The summed E-state index contributed by atoms with van der Waals surface area (Å²) >= 11 is 5.95. The van der Waals surface area contributed by atoms with Crippen molar-refractivity contribution in [1.29, 1.82) is 0 Å². The summed E-state index contributed by atoms with van der Waals surface area (Å²) in [5, 5.41) is 13.3. The maximum Gasteiger partial charge on any atom is 0.255 e. The van der Waals surface area contributed by atoms with E-state index in [1.807, 2.05) is 31.2 Å². The van der Waals surface area contributed by atoms with Crippen molar-refractivity contribution in [3.05, 3.63) is 101 Å². The van der Waals surface area contributed by atoms with Crippen molar-refractivity contribution in [2.45, 2.75) is 13.0 Å². The number of carbonyl (C=O) groups excluding carboxylic acids is 2. The number of halogens is 1. The third-order valence-corrected chi connectivity index (χ3v) is 5.23. The van der Waals surface area contributed by atoms with Crippen molar-refractivity contribution in [3.8, 4) is 11.3 Å². The van der Waals surface area contributed by atoms with E-state index in [2.05, 4.69) is 25.8 Å². The molecule has 32 heavy (non-hydrogen) atoms. The van der Waals surface area contributed by atoms with Gasteiger partial charge in [-0.25, -0.2) is 0 Å². The van der Waals surface area contributed by atoms with Crippen molar-refractivity contribution in [2.75, 3.05) is 5.32 Å². The van der Waals surface area contributed by atoms with E-state index in [1.165, 1.54) is 6.20 Å². The first kappa shape index (κ1) is 21.3. The van der Waals surface area contributed by atoms with Crippen LogP contribution in [0.5, 0.6) is 0 Å². The molecule has 0 spiro atoms. The molecule has 0 aliphatic rings. The van der Waals surface area contributed by atoms with E-state index in [-0.39, 0.29) is 17.9 Å². The van der Waals surface area contributed by atoms with Crippen LogP contribution in [-0.2, 0) is 0 Å². The van der Waals surface area contributed by atoms with E-state index < -0.39 is 0 Å². The van der Waals surface area contributed by atoms with Crippen LogP contribution in [0.25, 0.3) is 11.3 Å². The van der Waals surface area contributed by atoms with Crippen LogP contribution >= 0.6 is 11.6 Å². The minimum atomic E-state index is -0.250. The van der Waals surface area contributed by atoms with Crippen molar-refractivity contribution in [1.82, 2.24) is 20.5 Å². The standard InChI is InChI=1S/C24H20ClN5O2/c1-15(16-4-8-20(9-5-16)29-23(31)18-10-12-26-13-11-18)28-24(32)21-14-27-30-22(21)17-2-6-19(25)7-3-17/h2-15H,1H3,(H,27,30)(H,28,32)(H,29,31). The number of hydrogen-bond donors (Lipinski definition) is 3. The molecule has 0 saturated heterocycles. The summed E-state index contributed by atoms with van der Waals surface area (Å²) in [7, 11) is 0. The number of benzene rings is 2. The molecule has 1 atom stereocenters. The van der Waals surface area contributed by atoms with Gasteiger partial charge in [-0.1, -0.05) is 35.9 Å². The maximum atomic E-state index is 12.9. The molecule has 3 N–H and O–H groups in total. The van der Waals surface area contributed by atoms with Crippen molar-refractivity contribution >= 4 is 29.1 Å². The number of H-pyrrole nitrogens is 1. The van der Waals surface area contributed by atoms with Gasteiger partial charge in [0.2, 0.25) is 0 Å². The first-order valence-electron chi connectivity index (χ1n) is 9.93. The Morgan fingerprint density at radius 1 is 0.938 bits per heavy atom. The van der Waals surface area contributed by atoms with Crippen LogP contribution in [0.2, 0.25) is 5.02 Å². The number of nitrogens with zero attached hydrogens (tertiary/aromatic N) is 2. The lowest BCUT2D eigenvalue weighted by Gasteiger charge is -2.15. The second-order valence-electron chi connectivity index (χ2n) is 7.17. The second-order valence-corrected chi connectivity index (χ2v) is 7.61. The van der Waals surface area contributed by atoms with Crippen LogP contribution in [0.4, 0.5) is 5.69 Å². The lowest BCUT2D eigenvalue weighted by molar-refractivity contribution is 0.0940. The fourth-order valence-corrected chi connectivity index (χ4v) is 3.34. The molecule has 2 heterocycles. The van der Waals surface area contributed by atoms with Gasteiger partial charge in [0.25, 0.3) is 11.8 Å². The summed E-state index contributed by atoms with van der Waals surface area (Å²) in [6, 6.07) is 17.6. The molecule has 0 aliphatic heterocycles. The van der Waals surface area contributed by atoms with Gasteiger partial charge >= 0.3 is 0 Å². The number of carbonyl (C=O) groups is 2. The molecule has 0 aliphatic carbocycles. The van der Waals surface area contributed by atoms with Gasteiger partial charge < -0.3 is 10.6 Å². The number of anilines is 1. The molecular weight excluding hydrogens is 426 g/mol. The molecule has 2 aromatic heterocycles. The zero-order chi connectivity index (χ0) is 22.5. The van der Waals surface area contributed by atoms with Gasteiger partial charge in [0.15, 0.2) is 0 Å². The Morgan fingerprint density at radius 3 is 2.31 bits per heavy atom. The molecule has 4 rings (SSSR count). The minimum Gasteiger partial charge on any atom is -0.345 e. The summed E-state index contributed by atoms with van der Waals surface area (Å²) < 4.78 is 0. The summed E-state index contributed by atoms with van der Waals surface area (Å²) in [6.45, 7) is 1.89. The molecule has 4 aromatic rings. The number of rotatable bonds is 6. The van der Waals surface area contributed by atoms with Crippen molar-refractivity contribution in [2.24, 2.45) is 0 Å². The Balaban J connectivity index is 1.42. The normalized spacial score (nSPS) is 11.6. The van der Waals surface area contributed by atoms with Crippen molar-refractivity contribution in [3.63, 3.8) is 0 Å². The predicted molar refractivity (Wildman–Crippen MR) is 124 cm³/mol. The quantitative estimate of drug-likeness (QED) is 0.394. The van der Waals surface area contributed by atoms with Crippen molar-refractivity contribution < 1.29 is 9.59 Å². The Bertz CT molecular complexity index is 1220. The number of aromatic nitrogens is 3. The van der Waals surface area contributed by atoms with Gasteiger partial charge in [0, 0.05) is 34.2 Å². The maximum absolute atomic E-state index is 12.9. The predicted octanol–water partition coefficient (Wildman–Crippen LogP) is 4.87. The highest BCUT2D eigenvalue weighted by atomic mass is 35.5. The van der Waals surface area contributed by atoms with E-state index in [1.54, 1.807) is 48.8 Å². The highest BCUT2D eigenvalue weighted by Crippen LogP contribution is 2.24. The van der Waals surface area contributed by atoms with Crippen LogP contribution in [0.15, 0.2) is 79.3 Å². The monoisotopic (exact) mass is 445 g/mol. The molecule has 0 radical (unpaired) electrons. The van der Waals surface area contributed by atoms with Crippen LogP contribution in [0.1, 0.15) is 39.2 Å². The summed E-state index contributed by atoms with van der Waals surface area (Å²) in [5.74, 6) is -0.456. The molecule has 0 fully saturated rings. The van der Waals surface area contributed by atoms with Crippen LogP contribution < -0.4 is 10.6 Å². The van der Waals surface area contributed by atoms with Gasteiger partial charge in [0.1, 0.15) is 0 Å². The number of nitrogens with one attached hydrogen (secondary N) is 3. The van der Waals surface area contributed by atoms with Crippen LogP contribution in [0, 0.1) is 0 Å². The van der Waals surface area contributed by atoms with Gasteiger partial charge in [-0.05, 0) is 48.9 Å². The summed E-state index contributed by atoms with van der Waals surface area (Å²) in [6.07, 6.45) is 4.64. The fourth-order valence-electron chi connectivity index (χ4n) is 3.21. The Hall–Kier alpha value is -3.97. The molecule has 1 unspecified atom stereocenters. The highest BCUT2D eigenvalue weighted by Gasteiger charge is 2.18. The fraction of sp³-hybridized carbons (Fsp3) is 0.0833. The third-order valence-electron chi connectivity index (χ3n) is 4.98. The van der Waals surface area contributed by atoms with E-state index in [9.17, 15) is 9.59 Å². The van der Waals surface area contributed by atoms with E-state index in [4.69, 9.17) is 11.6 Å². The highest BCUT2D eigenvalue weighted by molar-refractivity contribution is 6.30. The number of amides is 2. The Kier molecular flexibility index (Phi) is 6.28. The van der Waals surface area contributed by atoms with Gasteiger partial charge in [0.05, 0.1) is 23.5 Å². The van der Waals surface area contributed by atoms with Gasteiger partial charge in [-0.3, -0.25) is 19.7 Å². The molecule has 8 heteroatoms. The first-order chi connectivity index (χ1) is 15.5. The average Bonchev–Trinajstić information content (AvgIpc) is 3.31. The largest absolute Gasteiger partial charge is 0.345 e. The minimum absolute atomic E-state index is 0.212. The molecule has 0 saturated carbocycles. The van der Waals surface area contributed by atoms with Gasteiger partial charge in [-0.2, -0.15) is 5.10 Å². The Labute approximate surface area is 189 Å². The second kappa shape index (κ2) is 9.45. The summed E-state index contributed by atoms with van der Waals surface area (Å²) in [5.41, 5.74) is 3.98. The smallest absolute Gasteiger partial charge is 0.255 e. The van der Waals surface area contributed by atoms with E-state index >= 15 is 0 Å². The molecule has 7 nitrogen and oxygen atoms in total. The number of hydrogen-bond acceptors (Lipinski definition) is 4. The molecule has 160 valence electrons.